The zero-order valence-electron chi connectivity index (χ0n) is 19.8. The summed E-state index contributed by atoms with van der Waals surface area (Å²) in [6, 6.07) is 15.9. The molecule has 1 aromatic heterocycles. The lowest BCUT2D eigenvalue weighted by Crippen LogP contribution is -2.47. The standard InChI is InChI=1S/C26H30N4O2S/c1-6-18-7-9-20(10-8-18)24-28-25(32-29-24)22-17(4)30(15-16(2)3)26(31)27-23(22)19-11-13-21(33-5)14-12-19/h7-14,16,23H,6,15H2,1-5H3,(H,27,31). The summed E-state index contributed by atoms with van der Waals surface area (Å²) in [6.45, 7) is 8.89. The van der Waals surface area contributed by atoms with Crippen molar-refractivity contribution in [2.45, 2.75) is 45.1 Å². The lowest BCUT2D eigenvalue weighted by Gasteiger charge is -2.36. The molecule has 1 aliphatic rings. The van der Waals surface area contributed by atoms with Gasteiger partial charge in [0.2, 0.25) is 5.82 Å². The van der Waals surface area contributed by atoms with Crippen LogP contribution in [0.4, 0.5) is 4.79 Å². The number of benzene rings is 2. The van der Waals surface area contributed by atoms with Gasteiger partial charge in [0.1, 0.15) is 0 Å². The molecule has 0 radical (unpaired) electrons. The van der Waals surface area contributed by atoms with Gasteiger partial charge < -0.3 is 9.84 Å². The van der Waals surface area contributed by atoms with Crippen molar-refractivity contribution in [3.63, 3.8) is 0 Å². The van der Waals surface area contributed by atoms with Crippen LogP contribution in [0.3, 0.4) is 0 Å². The van der Waals surface area contributed by atoms with Crippen molar-refractivity contribution >= 4 is 23.4 Å². The van der Waals surface area contributed by atoms with Crippen LogP contribution in [0.15, 0.2) is 63.6 Å². The number of urea groups is 1. The molecule has 2 aromatic carbocycles. The fourth-order valence-corrected chi connectivity index (χ4v) is 4.44. The summed E-state index contributed by atoms with van der Waals surface area (Å²) < 4.78 is 5.77. The number of hydrogen-bond donors (Lipinski definition) is 1. The highest BCUT2D eigenvalue weighted by atomic mass is 32.2. The van der Waals surface area contributed by atoms with Gasteiger partial charge >= 0.3 is 6.03 Å². The Hall–Kier alpha value is -3.06. The molecule has 0 fully saturated rings. The van der Waals surface area contributed by atoms with Gasteiger partial charge in [0.25, 0.3) is 5.89 Å². The van der Waals surface area contributed by atoms with Gasteiger partial charge in [-0.1, -0.05) is 62.3 Å². The fraction of sp³-hybridized carbons (Fsp3) is 0.346. The number of nitrogens with zero attached hydrogens (tertiary/aromatic N) is 3. The van der Waals surface area contributed by atoms with E-state index in [0.717, 1.165) is 28.8 Å². The second kappa shape index (κ2) is 9.83. The molecule has 172 valence electrons. The topological polar surface area (TPSA) is 71.3 Å². The number of thioether (sulfide) groups is 1. The maximum Gasteiger partial charge on any atom is 0.322 e. The third kappa shape index (κ3) is 4.83. The summed E-state index contributed by atoms with van der Waals surface area (Å²) >= 11 is 1.68. The number of amides is 2. The van der Waals surface area contributed by atoms with E-state index in [1.54, 1.807) is 16.7 Å². The van der Waals surface area contributed by atoms with Crippen molar-refractivity contribution < 1.29 is 9.32 Å². The van der Waals surface area contributed by atoms with E-state index >= 15 is 0 Å². The Morgan fingerprint density at radius 1 is 1.12 bits per heavy atom. The maximum absolute atomic E-state index is 13.0. The van der Waals surface area contributed by atoms with E-state index in [0.29, 0.717) is 24.2 Å². The summed E-state index contributed by atoms with van der Waals surface area (Å²) in [4.78, 5) is 20.7. The van der Waals surface area contributed by atoms with Gasteiger partial charge in [-0.2, -0.15) is 4.98 Å². The van der Waals surface area contributed by atoms with Crippen LogP contribution in [-0.4, -0.2) is 33.9 Å². The van der Waals surface area contributed by atoms with Crippen LogP contribution >= 0.6 is 11.8 Å². The second-order valence-electron chi connectivity index (χ2n) is 8.63. The number of aromatic nitrogens is 2. The van der Waals surface area contributed by atoms with Gasteiger partial charge in [0, 0.05) is 22.7 Å². The number of aryl methyl sites for hydroxylation is 1. The number of rotatable bonds is 7. The molecule has 1 aliphatic heterocycles. The largest absolute Gasteiger partial charge is 0.334 e. The first-order valence-corrected chi connectivity index (χ1v) is 12.5. The molecule has 7 heteroatoms. The van der Waals surface area contributed by atoms with Crippen LogP contribution in [0.2, 0.25) is 0 Å². The van der Waals surface area contributed by atoms with E-state index in [1.807, 2.05) is 37.4 Å². The minimum Gasteiger partial charge on any atom is -0.334 e. The quantitative estimate of drug-likeness (QED) is 0.425. The van der Waals surface area contributed by atoms with Crippen LogP contribution < -0.4 is 5.32 Å². The smallest absolute Gasteiger partial charge is 0.322 e. The molecule has 33 heavy (non-hydrogen) atoms. The predicted molar refractivity (Wildman–Crippen MR) is 133 cm³/mol. The highest BCUT2D eigenvalue weighted by molar-refractivity contribution is 7.98. The fourth-order valence-electron chi connectivity index (χ4n) is 4.03. The number of hydrogen-bond acceptors (Lipinski definition) is 5. The first kappa shape index (κ1) is 23.1. The van der Waals surface area contributed by atoms with E-state index in [1.165, 1.54) is 10.5 Å². The molecule has 2 heterocycles. The van der Waals surface area contributed by atoms with Crippen molar-refractivity contribution in [2.75, 3.05) is 12.8 Å². The van der Waals surface area contributed by atoms with Crippen LogP contribution in [0, 0.1) is 5.92 Å². The van der Waals surface area contributed by atoms with Crippen LogP contribution in [0.5, 0.6) is 0 Å². The first-order chi connectivity index (χ1) is 15.9. The molecule has 1 atom stereocenters. The van der Waals surface area contributed by atoms with Gasteiger partial charge in [-0.3, -0.25) is 4.90 Å². The van der Waals surface area contributed by atoms with Gasteiger partial charge in [0.15, 0.2) is 0 Å². The molecule has 0 saturated heterocycles. The van der Waals surface area contributed by atoms with E-state index in [2.05, 4.69) is 55.5 Å². The van der Waals surface area contributed by atoms with Crippen molar-refractivity contribution in [1.82, 2.24) is 20.4 Å². The normalized spacial score (nSPS) is 16.5. The summed E-state index contributed by atoms with van der Waals surface area (Å²) in [5.74, 6) is 1.28. The predicted octanol–water partition coefficient (Wildman–Crippen LogP) is 6.17. The average Bonchev–Trinajstić information content (AvgIpc) is 3.31. The van der Waals surface area contributed by atoms with Crippen molar-refractivity contribution in [3.8, 4) is 11.4 Å². The summed E-state index contributed by atoms with van der Waals surface area (Å²) in [5.41, 5.74) is 4.81. The molecular formula is C26H30N4O2S. The lowest BCUT2D eigenvalue weighted by atomic mass is 9.94. The molecule has 0 spiro atoms. The molecular weight excluding hydrogens is 432 g/mol. The van der Waals surface area contributed by atoms with Gasteiger partial charge in [-0.25, -0.2) is 4.79 Å². The van der Waals surface area contributed by atoms with Crippen molar-refractivity contribution in [1.29, 1.82) is 0 Å². The number of nitrogens with one attached hydrogen (secondary N) is 1. The van der Waals surface area contributed by atoms with Crippen LogP contribution in [0.25, 0.3) is 17.0 Å². The SMILES string of the molecule is CCc1ccc(-c2noc(C3=C(C)N(CC(C)C)C(=O)NC3c3ccc(SC)cc3)n2)cc1. The molecule has 4 rings (SSSR count). The monoisotopic (exact) mass is 462 g/mol. The minimum atomic E-state index is -0.368. The van der Waals surface area contributed by atoms with Crippen molar-refractivity contribution in [2.24, 2.45) is 5.92 Å². The van der Waals surface area contributed by atoms with E-state index in [9.17, 15) is 4.79 Å². The molecule has 2 amide bonds. The maximum atomic E-state index is 13.0. The zero-order valence-corrected chi connectivity index (χ0v) is 20.6. The summed E-state index contributed by atoms with van der Waals surface area (Å²) in [7, 11) is 0. The molecule has 0 bridgehead atoms. The van der Waals surface area contributed by atoms with E-state index in [-0.39, 0.29) is 12.1 Å². The number of allylic oxidation sites excluding steroid dienone is 1. The highest BCUT2D eigenvalue weighted by Crippen LogP contribution is 2.38. The Labute approximate surface area is 199 Å². The van der Waals surface area contributed by atoms with Crippen LogP contribution in [-0.2, 0) is 6.42 Å². The molecule has 1 N–H and O–H groups in total. The Kier molecular flexibility index (Phi) is 6.88. The third-order valence-electron chi connectivity index (χ3n) is 5.87. The average molecular weight is 463 g/mol. The Morgan fingerprint density at radius 3 is 2.42 bits per heavy atom. The van der Waals surface area contributed by atoms with E-state index in [4.69, 9.17) is 9.51 Å². The summed E-state index contributed by atoms with van der Waals surface area (Å²) in [6.07, 6.45) is 3.02. The number of carbonyl (C=O) groups is 1. The Morgan fingerprint density at radius 2 is 1.82 bits per heavy atom. The van der Waals surface area contributed by atoms with Gasteiger partial charge in [0.05, 0.1) is 11.6 Å². The first-order valence-electron chi connectivity index (χ1n) is 11.3. The van der Waals surface area contributed by atoms with Gasteiger partial charge in [-0.05, 0) is 48.8 Å². The molecule has 3 aromatic rings. The summed E-state index contributed by atoms with van der Waals surface area (Å²) in [5, 5.41) is 7.42. The third-order valence-corrected chi connectivity index (χ3v) is 6.61. The highest BCUT2D eigenvalue weighted by Gasteiger charge is 2.35. The minimum absolute atomic E-state index is 0.112. The molecule has 1 unspecified atom stereocenters. The molecule has 0 saturated carbocycles. The zero-order chi connectivity index (χ0) is 23.5. The number of carbonyl (C=O) groups excluding carboxylic acids is 1. The Balaban J connectivity index is 1.77. The van der Waals surface area contributed by atoms with Crippen molar-refractivity contribution in [3.05, 3.63) is 71.2 Å². The lowest BCUT2D eigenvalue weighted by molar-refractivity contribution is 0.199. The Bertz CT molecular complexity index is 1150. The molecule has 0 aliphatic carbocycles. The van der Waals surface area contributed by atoms with E-state index < -0.39 is 0 Å². The van der Waals surface area contributed by atoms with Gasteiger partial charge in [-0.15, -0.1) is 11.8 Å². The van der Waals surface area contributed by atoms with Crippen LogP contribution in [0.1, 0.15) is 50.8 Å². The second-order valence-corrected chi connectivity index (χ2v) is 9.51. The molecule has 6 nitrogen and oxygen atoms in total.